The summed E-state index contributed by atoms with van der Waals surface area (Å²) in [5.74, 6) is 0.388. The van der Waals surface area contributed by atoms with E-state index in [9.17, 15) is 9.90 Å². The van der Waals surface area contributed by atoms with Crippen LogP contribution in [0.3, 0.4) is 0 Å². The molecule has 1 saturated heterocycles. The topological polar surface area (TPSA) is 49.8 Å². The predicted octanol–water partition coefficient (Wildman–Crippen LogP) is 4.03. The molecule has 1 aliphatic heterocycles. The lowest BCUT2D eigenvalue weighted by molar-refractivity contribution is 0.0542. The number of nitrogens with zero attached hydrogens (tertiary/aromatic N) is 1. The summed E-state index contributed by atoms with van der Waals surface area (Å²) in [7, 11) is 0. The smallest absolute Gasteiger partial charge is 0.410 e. The van der Waals surface area contributed by atoms with Crippen molar-refractivity contribution in [2.24, 2.45) is 5.92 Å². The van der Waals surface area contributed by atoms with Crippen molar-refractivity contribution < 1.29 is 14.6 Å². The highest BCUT2D eigenvalue weighted by Crippen LogP contribution is 2.44. The van der Waals surface area contributed by atoms with E-state index in [0.29, 0.717) is 19.1 Å². The van der Waals surface area contributed by atoms with E-state index in [0.717, 1.165) is 12.8 Å². The molecule has 1 fully saturated rings. The van der Waals surface area contributed by atoms with Crippen LogP contribution in [0.25, 0.3) is 11.1 Å². The van der Waals surface area contributed by atoms with Gasteiger partial charge in [0.05, 0.1) is 0 Å². The predicted molar refractivity (Wildman–Crippen MR) is 101 cm³/mol. The van der Waals surface area contributed by atoms with Gasteiger partial charge >= 0.3 is 6.09 Å². The lowest BCUT2D eigenvalue weighted by atomic mass is 9.93. The normalized spacial score (nSPS) is 22.0. The van der Waals surface area contributed by atoms with Crippen LogP contribution in [0.2, 0.25) is 0 Å². The van der Waals surface area contributed by atoms with Crippen LogP contribution in [0.4, 0.5) is 4.79 Å². The number of rotatable bonds is 3. The standard InChI is InChI=1S/C22H25NO3/c1-15-12-16(13-24)10-11-23(15)22(25)26-14-21-19-8-4-2-6-17(19)18-7-3-5-9-20(18)21/h2-9,15-16,21,24H,10-14H2,1H3/t15-,16-/m1/s1. The van der Waals surface area contributed by atoms with Crippen molar-refractivity contribution in [3.05, 3.63) is 59.7 Å². The van der Waals surface area contributed by atoms with E-state index in [-0.39, 0.29) is 24.7 Å². The molecule has 136 valence electrons. The average Bonchev–Trinajstić information content (AvgIpc) is 3.00. The van der Waals surface area contributed by atoms with Crippen molar-refractivity contribution in [3.63, 3.8) is 0 Å². The lowest BCUT2D eigenvalue weighted by Crippen LogP contribution is -2.45. The highest BCUT2D eigenvalue weighted by atomic mass is 16.6. The summed E-state index contributed by atoms with van der Waals surface area (Å²) in [4.78, 5) is 14.4. The van der Waals surface area contributed by atoms with Crippen molar-refractivity contribution >= 4 is 6.09 Å². The van der Waals surface area contributed by atoms with Crippen LogP contribution in [0.15, 0.2) is 48.5 Å². The zero-order chi connectivity index (χ0) is 18.1. The maximum atomic E-state index is 12.6. The zero-order valence-electron chi connectivity index (χ0n) is 15.1. The summed E-state index contributed by atoms with van der Waals surface area (Å²) < 4.78 is 5.74. The number of benzene rings is 2. The van der Waals surface area contributed by atoms with E-state index in [2.05, 4.69) is 36.4 Å². The number of carbonyl (C=O) groups is 1. The fourth-order valence-corrected chi connectivity index (χ4v) is 4.38. The first-order valence-electron chi connectivity index (χ1n) is 9.41. The minimum atomic E-state index is -0.240. The largest absolute Gasteiger partial charge is 0.448 e. The van der Waals surface area contributed by atoms with Crippen molar-refractivity contribution in [2.75, 3.05) is 19.8 Å². The maximum Gasteiger partial charge on any atom is 0.410 e. The molecule has 0 saturated carbocycles. The van der Waals surface area contributed by atoms with Crippen LogP contribution in [-0.4, -0.2) is 41.9 Å². The molecule has 4 rings (SSSR count). The fraction of sp³-hybridized carbons (Fsp3) is 0.409. The van der Waals surface area contributed by atoms with E-state index in [1.807, 2.05) is 19.1 Å². The fourth-order valence-electron chi connectivity index (χ4n) is 4.38. The Morgan fingerprint density at radius 2 is 1.73 bits per heavy atom. The van der Waals surface area contributed by atoms with Gasteiger partial charge in [0, 0.05) is 25.1 Å². The van der Waals surface area contributed by atoms with E-state index < -0.39 is 0 Å². The molecule has 0 spiro atoms. The third kappa shape index (κ3) is 2.99. The van der Waals surface area contributed by atoms with E-state index >= 15 is 0 Å². The molecule has 0 aromatic heterocycles. The van der Waals surface area contributed by atoms with Gasteiger partial charge in [-0.1, -0.05) is 48.5 Å². The number of aliphatic hydroxyl groups is 1. The zero-order valence-corrected chi connectivity index (χ0v) is 15.1. The molecule has 2 aromatic rings. The number of likely N-dealkylation sites (tertiary alicyclic amines) is 1. The van der Waals surface area contributed by atoms with Crippen molar-refractivity contribution in [1.82, 2.24) is 4.90 Å². The second-order valence-electron chi connectivity index (χ2n) is 7.42. The molecule has 4 heteroatoms. The molecule has 1 amide bonds. The molecule has 0 bridgehead atoms. The molecule has 1 aliphatic carbocycles. The number of carbonyl (C=O) groups excluding carboxylic acids is 1. The summed E-state index contributed by atoms with van der Waals surface area (Å²) in [5.41, 5.74) is 4.93. The Morgan fingerprint density at radius 3 is 2.31 bits per heavy atom. The third-order valence-corrected chi connectivity index (χ3v) is 5.81. The third-order valence-electron chi connectivity index (χ3n) is 5.81. The molecule has 26 heavy (non-hydrogen) atoms. The number of ether oxygens (including phenoxy) is 1. The Hall–Kier alpha value is -2.33. The van der Waals surface area contributed by atoms with Crippen LogP contribution in [0.1, 0.15) is 36.8 Å². The van der Waals surface area contributed by atoms with Gasteiger partial charge in [0.2, 0.25) is 0 Å². The monoisotopic (exact) mass is 351 g/mol. The van der Waals surface area contributed by atoms with Crippen LogP contribution in [-0.2, 0) is 4.74 Å². The Balaban J connectivity index is 1.47. The number of piperidine rings is 1. The minimum Gasteiger partial charge on any atom is -0.448 e. The summed E-state index contributed by atoms with van der Waals surface area (Å²) in [6, 6.07) is 16.8. The van der Waals surface area contributed by atoms with Gasteiger partial charge in [-0.2, -0.15) is 0 Å². The number of hydrogen-bond donors (Lipinski definition) is 1. The highest BCUT2D eigenvalue weighted by molar-refractivity contribution is 5.79. The summed E-state index contributed by atoms with van der Waals surface area (Å²) >= 11 is 0. The first-order chi connectivity index (χ1) is 12.7. The first kappa shape index (κ1) is 17.1. The molecule has 1 heterocycles. The maximum absolute atomic E-state index is 12.6. The first-order valence-corrected chi connectivity index (χ1v) is 9.41. The molecule has 4 nitrogen and oxygen atoms in total. The SMILES string of the molecule is C[C@@H]1C[C@H](CO)CCN1C(=O)OCC1c2ccccc2-c2ccccc21. The molecular formula is C22H25NO3. The van der Waals surface area contributed by atoms with Crippen LogP contribution in [0, 0.1) is 5.92 Å². The Bertz CT molecular complexity index is 758. The van der Waals surface area contributed by atoms with Gasteiger partial charge in [0.25, 0.3) is 0 Å². The molecule has 2 aliphatic rings. The summed E-state index contributed by atoms with van der Waals surface area (Å²) in [5, 5.41) is 9.33. The summed E-state index contributed by atoms with van der Waals surface area (Å²) in [6.45, 7) is 3.24. The average molecular weight is 351 g/mol. The van der Waals surface area contributed by atoms with Crippen LogP contribution < -0.4 is 0 Å². The van der Waals surface area contributed by atoms with E-state index in [1.165, 1.54) is 22.3 Å². The summed E-state index contributed by atoms with van der Waals surface area (Å²) in [6.07, 6.45) is 1.43. The Morgan fingerprint density at radius 1 is 1.12 bits per heavy atom. The van der Waals surface area contributed by atoms with Gasteiger partial charge in [-0.3, -0.25) is 0 Å². The van der Waals surface area contributed by atoms with E-state index in [1.54, 1.807) is 4.90 Å². The second kappa shape index (κ2) is 7.12. The van der Waals surface area contributed by atoms with Crippen LogP contribution >= 0.6 is 0 Å². The number of fused-ring (bicyclic) bond motifs is 3. The van der Waals surface area contributed by atoms with Crippen molar-refractivity contribution in [2.45, 2.75) is 31.7 Å². The molecule has 0 unspecified atom stereocenters. The van der Waals surface area contributed by atoms with Crippen molar-refractivity contribution in [1.29, 1.82) is 0 Å². The van der Waals surface area contributed by atoms with Crippen LogP contribution in [0.5, 0.6) is 0 Å². The van der Waals surface area contributed by atoms with Gasteiger partial charge in [-0.25, -0.2) is 4.79 Å². The second-order valence-corrected chi connectivity index (χ2v) is 7.42. The minimum absolute atomic E-state index is 0.0941. The molecule has 1 N–H and O–H groups in total. The molecule has 2 atom stereocenters. The lowest BCUT2D eigenvalue weighted by Gasteiger charge is -2.36. The number of aliphatic hydroxyl groups excluding tert-OH is 1. The molecular weight excluding hydrogens is 326 g/mol. The van der Waals surface area contributed by atoms with Gasteiger partial charge in [0.1, 0.15) is 6.61 Å². The number of hydrogen-bond acceptors (Lipinski definition) is 3. The highest BCUT2D eigenvalue weighted by Gasteiger charge is 2.32. The quantitative estimate of drug-likeness (QED) is 0.908. The Kier molecular flexibility index (Phi) is 4.68. The van der Waals surface area contributed by atoms with Gasteiger partial charge in [-0.15, -0.1) is 0 Å². The van der Waals surface area contributed by atoms with Gasteiger partial charge in [0.15, 0.2) is 0 Å². The number of amides is 1. The molecule has 2 aromatic carbocycles. The van der Waals surface area contributed by atoms with Gasteiger partial charge in [-0.05, 0) is 47.9 Å². The van der Waals surface area contributed by atoms with Crippen molar-refractivity contribution in [3.8, 4) is 11.1 Å². The molecule has 0 radical (unpaired) electrons. The van der Waals surface area contributed by atoms with Gasteiger partial charge < -0.3 is 14.7 Å². The Labute approximate surface area is 154 Å². The van der Waals surface area contributed by atoms with E-state index in [4.69, 9.17) is 4.74 Å².